The van der Waals surface area contributed by atoms with Gasteiger partial charge in [-0.1, -0.05) is 17.4 Å². The highest BCUT2D eigenvalue weighted by Crippen LogP contribution is 2.36. The molecule has 0 fully saturated rings. The van der Waals surface area contributed by atoms with E-state index in [0.717, 1.165) is 15.8 Å². The summed E-state index contributed by atoms with van der Waals surface area (Å²) in [6, 6.07) is 9.01. The molecule has 5 rings (SSSR count). The van der Waals surface area contributed by atoms with E-state index in [1.807, 2.05) is 6.07 Å². The zero-order valence-corrected chi connectivity index (χ0v) is 18.1. The van der Waals surface area contributed by atoms with Gasteiger partial charge >= 0.3 is 5.97 Å². The average Bonchev–Trinajstić information content (AvgIpc) is 3.36. The number of nitrogens with zero attached hydrogens (tertiary/aromatic N) is 2. The number of benzene rings is 2. The summed E-state index contributed by atoms with van der Waals surface area (Å²) in [6.45, 7) is 3.04. The van der Waals surface area contributed by atoms with Gasteiger partial charge in [0.05, 0.1) is 23.2 Å². The number of hydrogen-bond acceptors (Lipinski definition) is 8. The molecule has 1 amide bonds. The number of ether oxygens (including phenoxy) is 5. The molecule has 10 heteroatoms. The lowest BCUT2D eigenvalue weighted by Gasteiger charge is -2.18. The van der Waals surface area contributed by atoms with Gasteiger partial charge < -0.3 is 28.3 Å². The van der Waals surface area contributed by atoms with Crippen LogP contribution in [-0.2, 0) is 27.3 Å². The molecule has 1 aromatic heterocycles. The summed E-state index contributed by atoms with van der Waals surface area (Å²) in [5.74, 6) is 1.74. The molecule has 2 aliphatic heterocycles. The van der Waals surface area contributed by atoms with Crippen LogP contribution in [-0.4, -0.2) is 43.1 Å². The normalized spacial score (nSPS) is 14.6. The molecule has 166 valence electrons. The first kappa shape index (κ1) is 20.4. The number of thiazole rings is 1. The quantitative estimate of drug-likeness (QED) is 0.544. The summed E-state index contributed by atoms with van der Waals surface area (Å²) >= 11 is 1.30. The first-order chi connectivity index (χ1) is 15.6. The summed E-state index contributed by atoms with van der Waals surface area (Å²) in [4.78, 5) is 29.7. The monoisotopic (exact) mass is 456 g/mol. The van der Waals surface area contributed by atoms with Crippen LogP contribution >= 0.6 is 11.3 Å². The highest BCUT2D eigenvalue weighted by molar-refractivity contribution is 7.16. The molecule has 9 nitrogen and oxygen atoms in total. The number of aromatic nitrogens is 1. The van der Waals surface area contributed by atoms with Crippen LogP contribution in [0.1, 0.15) is 12.5 Å². The van der Waals surface area contributed by atoms with Crippen molar-refractivity contribution in [2.45, 2.75) is 19.9 Å². The lowest BCUT2D eigenvalue weighted by atomic mass is 10.1. The van der Waals surface area contributed by atoms with Gasteiger partial charge in [0.15, 0.2) is 27.8 Å². The fourth-order valence-corrected chi connectivity index (χ4v) is 4.61. The number of esters is 1. The summed E-state index contributed by atoms with van der Waals surface area (Å²) in [5, 5.41) is 0. The minimum atomic E-state index is -0.410. The molecule has 0 atom stereocenters. The van der Waals surface area contributed by atoms with E-state index in [1.165, 1.54) is 11.3 Å². The Kier molecular flexibility index (Phi) is 5.44. The summed E-state index contributed by atoms with van der Waals surface area (Å²) in [7, 11) is 0. The van der Waals surface area contributed by atoms with Crippen LogP contribution in [0.2, 0.25) is 0 Å². The number of amides is 1. The molecule has 0 aliphatic carbocycles. The highest BCUT2D eigenvalue weighted by atomic mass is 32.1. The maximum Gasteiger partial charge on any atom is 0.326 e. The zero-order chi connectivity index (χ0) is 22.1. The van der Waals surface area contributed by atoms with Gasteiger partial charge in [0, 0.05) is 12.1 Å². The molecule has 0 spiro atoms. The fraction of sp³-hybridized carbons (Fsp3) is 0.318. The SMILES string of the molecule is CCOC(=O)Cn1c(=NC(=O)Cc2ccc3c(c2)OCO3)sc2cc3c(cc21)OCCO3. The maximum absolute atomic E-state index is 12.8. The lowest BCUT2D eigenvalue weighted by molar-refractivity contribution is -0.143. The molecule has 3 heterocycles. The van der Waals surface area contributed by atoms with Crippen LogP contribution in [0.4, 0.5) is 0 Å². The van der Waals surface area contributed by atoms with Crippen molar-refractivity contribution in [2.75, 3.05) is 26.6 Å². The van der Waals surface area contributed by atoms with Crippen molar-refractivity contribution in [3.8, 4) is 23.0 Å². The molecule has 0 saturated carbocycles. The van der Waals surface area contributed by atoms with Crippen LogP contribution in [0.5, 0.6) is 23.0 Å². The Morgan fingerprint density at radius 2 is 1.78 bits per heavy atom. The first-order valence-electron chi connectivity index (χ1n) is 10.2. The molecular formula is C22H20N2O7S. The van der Waals surface area contributed by atoms with Gasteiger partial charge in [-0.2, -0.15) is 4.99 Å². The van der Waals surface area contributed by atoms with Crippen LogP contribution in [0.15, 0.2) is 35.3 Å². The standard InChI is InChI=1S/C22H20N2O7S/c1-2-27-21(26)11-24-14-9-17-18(29-6-5-28-17)10-19(14)32-22(24)23-20(25)8-13-3-4-15-16(7-13)31-12-30-15/h3-4,7,9-10H,2,5-6,8,11-12H2,1H3. The van der Waals surface area contributed by atoms with E-state index < -0.39 is 5.97 Å². The van der Waals surface area contributed by atoms with Crippen LogP contribution in [0.3, 0.4) is 0 Å². The summed E-state index contributed by atoms with van der Waals surface area (Å²) < 4.78 is 29.6. The van der Waals surface area contributed by atoms with Gasteiger partial charge in [-0.3, -0.25) is 9.59 Å². The molecule has 2 aromatic carbocycles. The van der Waals surface area contributed by atoms with E-state index in [2.05, 4.69) is 4.99 Å². The molecule has 0 saturated heterocycles. The zero-order valence-electron chi connectivity index (χ0n) is 17.3. The van der Waals surface area contributed by atoms with Crippen molar-refractivity contribution < 1.29 is 33.3 Å². The Hall–Kier alpha value is -3.53. The maximum atomic E-state index is 12.8. The molecule has 0 bridgehead atoms. The Morgan fingerprint density at radius 3 is 2.59 bits per heavy atom. The van der Waals surface area contributed by atoms with E-state index >= 15 is 0 Å². The third-order valence-corrected chi connectivity index (χ3v) is 5.99. The molecule has 0 radical (unpaired) electrons. The van der Waals surface area contributed by atoms with E-state index in [1.54, 1.807) is 35.8 Å². The summed E-state index contributed by atoms with van der Waals surface area (Å²) in [6.07, 6.45) is 0.0903. The number of rotatable bonds is 5. The van der Waals surface area contributed by atoms with Gasteiger partial charge in [0.2, 0.25) is 6.79 Å². The third kappa shape index (κ3) is 4.01. The number of fused-ring (bicyclic) bond motifs is 3. The van der Waals surface area contributed by atoms with E-state index in [0.29, 0.717) is 41.0 Å². The van der Waals surface area contributed by atoms with Crippen LogP contribution in [0.25, 0.3) is 10.2 Å². The van der Waals surface area contributed by atoms with E-state index in [9.17, 15) is 9.59 Å². The molecule has 0 unspecified atom stereocenters. The third-order valence-electron chi connectivity index (χ3n) is 4.95. The van der Waals surface area contributed by atoms with Crippen molar-refractivity contribution in [1.29, 1.82) is 0 Å². The topological polar surface area (TPSA) is 97.6 Å². The highest BCUT2D eigenvalue weighted by Gasteiger charge is 2.19. The second-order valence-electron chi connectivity index (χ2n) is 7.11. The smallest absolute Gasteiger partial charge is 0.326 e. The predicted octanol–water partition coefficient (Wildman–Crippen LogP) is 2.44. The second-order valence-corrected chi connectivity index (χ2v) is 8.12. The molecule has 3 aromatic rings. The molecule has 2 aliphatic rings. The summed E-state index contributed by atoms with van der Waals surface area (Å²) in [5.41, 5.74) is 1.49. The van der Waals surface area contributed by atoms with Gasteiger partial charge in [0.25, 0.3) is 5.91 Å². The Bertz CT molecular complexity index is 1280. The number of carbonyl (C=O) groups is 2. The predicted molar refractivity (Wildman–Crippen MR) is 114 cm³/mol. The Morgan fingerprint density at radius 1 is 1.03 bits per heavy atom. The molecule has 32 heavy (non-hydrogen) atoms. The second kappa shape index (κ2) is 8.54. The van der Waals surface area contributed by atoms with Crippen molar-refractivity contribution in [2.24, 2.45) is 4.99 Å². The molecular weight excluding hydrogens is 436 g/mol. The van der Waals surface area contributed by atoms with Crippen molar-refractivity contribution in [3.63, 3.8) is 0 Å². The molecule has 0 N–H and O–H groups in total. The van der Waals surface area contributed by atoms with Crippen molar-refractivity contribution in [3.05, 3.63) is 40.7 Å². The minimum absolute atomic E-state index is 0.0659. The van der Waals surface area contributed by atoms with Crippen molar-refractivity contribution >= 4 is 33.4 Å². The number of hydrogen-bond donors (Lipinski definition) is 0. The lowest BCUT2D eigenvalue weighted by Crippen LogP contribution is -2.23. The average molecular weight is 456 g/mol. The van der Waals surface area contributed by atoms with Crippen molar-refractivity contribution in [1.82, 2.24) is 4.57 Å². The fourth-order valence-electron chi connectivity index (χ4n) is 3.55. The van der Waals surface area contributed by atoms with Gasteiger partial charge in [-0.15, -0.1) is 0 Å². The van der Waals surface area contributed by atoms with Crippen LogP contribution < -0.4 is 23.7 Å². The Balaban J connectivity index is 1.51. The van der Waals surface area contributed by atoms with E-state index in [-0.39, 0.29) is 32.3 Å². The van der Waals surface area contributed by atoms with Gasteiger partial charge in [-0.25, -0.2) is 0 Å². The van der Waals surface area contributed by atoms with E-state index in [4.69, 9.17) is 23.7 Å². The minimum Gasteiger partial charge on any atom is -0.486 e. The van der Waals surface area contributed by atoms with Gasteiger partial charge in [-0.05, 0) is 24.6 Å². The first-order valence-corrected chi connectivity index (χ1v) is 11.0. The number of carbonyl (C=O) groups excluding carboxylic acids is 2. The Labute approximate surface area is 186 Å². The van der Waals surface area contributed by atoms with Gasteiger partial charge in [0.1, 0.15) is 19.8 Å². The van der Waals surface area contributed by atoms with Crippen LogP contribution in [0, 0.1) is 0 Å². The largest absolute Gasteiger partial charge is 0.486 e.